The molecule has 2 rings (SSSR count). The molecule has 0 heterocycles. The molecule has 0 saturated heterocycles. The number of rotatable bonds is 6. The molecule has 0 unspecified atom stereocenters. The molecule has 2 aromatic carbocycles. The number of hydrogen-bond acceptors (Lipinski definition) is 2. The van der Waals surface area contributed by atoms with Crippen LogP contribution in [0.1, 0.15) is 30.5 Å². The van der Waals surface area contributed by atoms with E-state index in [0.29, 0.717) is 19.1 Å². The molecule has 0 spiro atoms. The summed E-state index contributed by atoms with van der Waals surface area (Å²) >= 11 is 0. The second kappa shape index (κ2) is 9.77. The Kier molecular flexibility index (Phi) is 8.38. The van der Waals surface area contributed by atoms with Gasteiger partial charge in [0.15, 0.2) is 5.96 Å². The number of anilines is 1. The predicted molar refractivity (Wildman–Crippen MR) is 117 cm³/mol. The van der Waals surface area contributed by atoms with Gasteiger partial charge in [-0.2, -0.15) is 0 Å². The van der Waals surface area contributed by atoms with Gasteiger partial charge >= 0.3 is 0 Å². The van der Waals surface area contributed by atoms with Gasteiger partial charge in [0.05, 0.1) is 13.2 Å². The number of hydrogen-bond donors (Lipinski definition) is 2. The van der Waals surface area contributed by atoms with Crippen LogP contribution in [0.2, 0.25) is 0 Å². The van der Waals surface area contributed by atoms with Gasteiger partial charge in [-0.15, -0.1) is 24.0 Å². The number of aryl methyl sites for hydroxylation is 1. The lowest BCUT2D eigenvalue weighted by molar-refractivity contribution is 0.185. The van der Waals surface area contributed by atoms with E-state index in [4.69, 9.17) is 10.5 Å². The van der Waals surface area contributed by atoms with Crippen LogP contribution in [-0.2, 0) is 16.8 Å². The van der Waals surface area contributed by atoms with Gasteiger partial charge in [0, 0.05) is 23.8 Å². The van der Waals surface area contributed by atoms with Crippen LogP contribution in [0.3, 0.4) is 0 Å². The fraction of sp³-hybridized carbons (Fsp3) is 0.350. The summed E-state index contributed by atoms with van der Waals surface area (Å²) in [5.41, 5.74) is 10.5. The Balaban J connectivity index is 0.00000312. The van der Waals surface area contributed by atoms with Crippen LogP contribution >= 0.6 is 24.0 Å². The van der Waals surface area contributed by atoms with Gasteiger partial charge in [0.25, 0.3) is 0 Å². The van der Waals surface area contributed by atoms with Gasteiger partial charge in [-0.25, -0.2) is 0 Å². The highest BCUT2D eigenvalue weighted by Gasteiger charge is 2.20. The van der Waals surface area contributed by atoms with E-state index >= 15 is 0 Å². The zero-order valence-corrected chi connectivity index (χ0v) is 17.7. The number of guanidine groups is 1. The topological polar surface area (TPSA) is 59.6 Å². The van der Waals surface area contributed by atoms with E-state index in [1.54, 1.807) is 7.11 Å². The zero-order chi connectivity index (χ0) is 17.6. The third kappa shape index (κ3) is 6.32. The Hall–Kier alpha value is -1.60. The van der Waals surface area contributed by atoms with Crippen molar-refractivity contribution in [1.29, 1.82) is 0 Å². The molecule has 0 aliphatic carbocycles. The number of nitrogens with two attached hydrogens (primary N) is 1. The van der Waals surface area contributed by atoms with Gasteiger partial charge in [-0.1, -0.05) is 61.9 Å². The Morgan fingerprint density at radius 1 is 1.12 bits per heavy atom. The van der Waals surface area contributed by atoms with Crippen LogP contribution in [0.5, 0.6) is 0 Å². The number of benzene rings is 2. The summed E-state index contributed by atoms with van der Waals surface area (Å²) in [5.74, 6) is 0.415. The molecule has 2 aromatic rings. The van der Waals surface area contributed by atoms with E-state index in [1.165, 1.54) is 11.1 Å². The van der Waals surface area contributed by atoms with Crippen molar-refractivity contribution in [3.63, 3.8) is 0 Å². The van der Waals surface area contributed by atoms with Crippen LogP contribution in [0, 0.1) is 6.92 Å². The van der Waals surface area contributed by atoms with Crippen LogP contribution in [-0.4, -0.2) is 19.6 Å². The average molecular weight is 453 g/mol. The van der Waals surface area contributed by atoms with Crippen molar-refractivity contribution in [3.8, 4) is 0 Å². The first-order valence-electron chi connectivity index (χ1n) is 8.13. The SMILES string of the molecule is COCc1ccccc1NC(N)=NCC(C)(C)c1ccc(C)cc1.I. The first kappa shape index (κ1) is 21.4. The number of methoxy groups -OCH3 is 1. The maximum atomic E-state index is 6.08. The van der Waals surface area contributed by atoms with E-state index in [9.17, 15) is 0 Å². The molecule has 0 aromatic heterocycles. The Morgan fingerprint density at radius 3 is 2.40 bits per heavy atom. The van der Waals surface area contributed by atoms with Crippen LogP contribution in [0.15, 0.2) is 53.5 Å². The number of ether oxygens (including phenoxy) is 1. The number of halogens is 1. The number of nitrogens with zero attached hydrogens (tertiary/aromatic N) is 1. The molecule has 0 atom stereocenters. The quantitative estimate of drug-likeness (QED) is 0.386. The molecular formula is C20H28IN3O. The minimum Gasteiger partial charge on any atom is -0.380 e. The normalized spacial score (nSPS) is 11.8. The van der Waals surface area contributed by atoms with Crippen LogP contribution < -0.4 is 11.1 Å². The van der Waals surface area contributed by atoms with Crippen molar-refractivity contribution in [2.75, 3.05) is 19.0 Å². The molecule has 4 nitrogen and oxygen atoms in total. The van der Waals surface area contributed by atoms with Gasteiger partial charge in [-0.05, 0) is 18.6 Å². The Morgan fingerprint density at radius 2 is 1.76 bits per heavy atom. The van der Waals surface area contributed by atoms with Crippen molar-refractivity contribution >= 4 is 35.6 Å². The second-order valence-corrected chi connectivity index (χ2v) is 6.67. The third-order valence-corrected chi connectivity index (χ3v) is 4.06. The maximum absolute atomic E-state index is 6.08. The number of para-hydroxylation sites is 1. The molecule has 0 radical (unpaired) electrons. The van der Waals surface area contributed by atoms with Crippen molar-refractivity contribution in [1.82, 2.24) is 0 Å². The van der Waals surface area contributed by atoms with E-state index in [1.807, 2.05) is 24.3 Å². The van der Waals surface area contributed by atoms with E-state index in [-0.39, 0.29) is 29.4 Å². The van der Waals surface area contributed by atoms with Gasteiger partial charge in [0.2, 0.25) is 0 Å². The molecule has 0 saturated carbocycles. The predicted octanol–water partition coefficient (Wildman–Crippen LogP) is 4.46. The smallest absolute Gasteiger partial charge is 0.193 e. The summed E-state index contributed by atoms with van der Waals surface area (Å²) in [6, 6.07) is 16.5. The van der Waals surface area contributed by atoms with Gasteiger partial charge in [0.1, 0.15) is 0 Å². The lowest BCUT2D eigenvalue weighted by Crippen LogP contribution is -2.28. The van der Waals surface area contributed by atoms with Crippen molar-refractivity contribution in [2.45, 2.75) is 32.8 Å². The molecule has 0 amide bonds. The Bertz CT molecular complexity index is 696. The second-order valence-electron chi connectivity index (χ2n) is 6.67. The molecule has 25 heavy (non-hydrogen) atoms. The largest absolute Gasteiger partial charge is 0.380 e. The summed E-state index contributed by atoms with van der Waals surface area (Å²) in [7, 11) is 1.68. The van der Waals surface area contributed by atoms with Crippen molar-refractivity contribution in [2.24, 2.45) is 10.7 Å². The molecule has 136 valence electrons. The maximum Gasteiger partial charge on any atom is 0.193 e. The average Bonchev–Trinajstić information content (AvgIpc) is 2.56. The number of aliphatic imine (C=N–C) groups is 1. The molecule has 0 bridgehead atoms. The standard InChI is InChI=1S/C20H27N3O.HI/c1-15-9-11-17(12-10-15)20(2,3)14-22-19(21)23-18-8-6-5-7-16(18)13-24-4;/h5-12H,13-14H2,1-4H3,(H3,21,22,23);1H. The van der Waals surface area contributed by atoms with E-state index in [2.05, 4.69) is 55.3 Å². The summed E-state index contributed by atoms with van der Waals surface area (Å²) in [5, 5.41) is 3.18. The zero-order valence-electron chi connectivity index (χ0n) is 15.4. The Labute approximate surface area is 167 Å². The monoisotopic (exact) mass is 453 g/mol. The highest BCUT2D eigenvalue weighted by atomic mass is 127. The lowest BCUT2D eigenvalue weighted by Gasteiger charge is -2.23. The van der Waals surface area contributed by atoms with Crippen molar-refractivity contribution in [3.05, 3.63) is 65.2 Å². The van der Waals surface area contributed by atoms with Gasteiger partial charge < -0.3 is 15.8 Å². The summed E-state index contributed by atoms with van der Waals surface area (Å²) in [4.78, 5) is 4.53. The highest BCUT2D eigenvalue weighted by molar-refractivity contribution is 14.0. The minimum atomic E-state index is -0.0773. The van der Waals surface area contributed by atoms with E-state index < -0.39 is 0 Å². The fourth-order valence-corrected chi connectivity index (χ4v) is 2.48. The first-order chi connectivity index (χ1) is 11.4. The third-order valence-electron chi connectivity index (χ3n) is 4.06. The summed E-state index contributed by atoms with van der Waals surface area (Å²) in [6.07, 6.45) is 0. The molecule has 3 N–H and O–H groups in total. The minimum absolute atomic E-state index is 0. The molecule has 0 aliphatic rings. The molecule has 0 fully saturated rings. The first-order valence-corrected chi connectivity index (χ1v) is 8.13. The highest BCUT2D eigenvalue weighted by Crippen LogP contribution is 2.24. The fourth-order valence-electron chi connectivity index (χ4n) is 2.48. The van der Waals surface area contributed by atoms with Crippen LogP contribution in [0.25, 0.3) is 0 Å². The van der Waals surface area contributed by atoms with Gasteiger partial charge in [-0.3, -0.25) is 4.99 Å². The molecule has 5 heteroatoms. The summed E-state index contributed by atoms with van der Waals surface area (Å²) < 4.78 is 5.21. The number of nitrogens with one attached hydrogen (secondary N) is 1. The lowest BCUT2D eigenvalue weighted by atomic mass is 9.84. The van der Waals surface area contributed by atoms with Crippen molar-refractivity contribution < 1.29 is 4.74 Å². The molecule has 0 aliphatic heterocycles. The van der Waals surface area contributed by atoms with E-state index in [0.717, 1.165) is 11.3 Å². The van der Waals surface area contributed by atoms with Crippen LogP contribution in [0.4, 0.5) is 5.69 Å². The summed E-state index contributed by atoms with van der Waals surface area (Å²) in [6.45, 7) is 7.58. The molecular weight excluding hydrogens is 425 g/mol.